The molecule has 0 saturated heterocycles. The zero-order valence-electron chi connectivity index (χ0n) is 13.0. The summed E-state index contributed by atoms with van der Waals surface area (Å²) in [5.74, 6) is 0.0834. The molecule has 2 atom stereocenters. The fraction of sp³-hybridized carbons (Fsp3) is 0.600. The van der Waals surface area contributed by atoms with Gasteiger partial charge in [-0.2, -0.15) is 9.57 Å². The van der Waals surface area contributed by atoms with Crippen LogP contribution in [0.1, 0.15) is 45.7 Å². The molecule has 21 heavy (non-hydrogen) atoms. The van der Waals surface area contributed by atoms with E-state index in [0.717, 1.165) is 5.56 Å². The van der Waals surface area contributed by atoms with E-state index in [2.05, 4.69) is 4.98 Å². The molecule has 5 nitrogen and oxygen atoms in total. The molecule has 6 heteroatoms. The van der Waals surface area contributed by atoms with E-state index in [1.54, 1.807) is 32.3 Å². The van der Waals surface area contributed by atoms with Crippen molar-refractivity contribution in [2.24, 2.45) is 5.92 Å². The van der Waals surface area contributed by atoms with Crippen molar-refractivity contribution in [2.75, 3.05) is 6.54 Å². The van der Waals surface area contributed by atoms with Crippen molar-refractivity contribution in [2.45, 2.75) is 45.4 Å². The minimum atomic E-state index is -3.66. The largest absolute Gasteiger partial charge is 0.264 e. The molecule has 0 radical (unpaired) electrons. The molecule has 0 unspecified atom stereocenters. The lowest BCUT2D eigenvalue weighted by molar-refractivity contribution is 0.269. The molecule has 116 valence electrons. The Bertz CT molecular complexity index is 579. The topological polar surface area (TPSA) is 74.1 Å². The maximum Gasteiger partial charge on any atom is 0.231 e. The smallest absolute Gasteiger partial charge is 0.231 e. The molecule has 1 rings (SSSR count). The number of aromatic nitrogens is 1. The predicted molar refractivity (Wildman–Crippen MR) is 82.8 cm³/mol. The molecule has 0 aliphatic rings. The van der Waals surface area contributed by atoms with Crippen molar-refractivity contribution in [3.63, 3.8) is 0 Å². The van der Waals surface area contributed by atoms with E-state index in [9.17, 15) is 8.42 Å². The van der Waals surface area contributed by atoms with Gasteiger partial charge in [-0.15, -0.1) is 0 Å². The summed E-state index contributed by atoms with van der Waals surface area (Å²) in [7, 11) is -3.66. The Balaban J connectivity index is 3.31. The molecule has 0 aliphatic carbocycles. The Morgan fingerprint density at radius 3 is 2.43 bits per heavy atom. The lowest BCUT2D eigenvalue weighted by Crippen LogP contribution is -2.42. The molecule has 0 bridgehead atoms. The Morgan fingerprint density at radius 2 is 2.05 bits per heavy atom. The summed E-state index contributed by atoms with van der Waals surface area (Å²) in [6.45, 7) is 7.80. The summed E-state index contributed by atoms with van der Waals surface area (Å²) in [5.41, 5.74) is 0.853. The maximum atomic E-state index is 12.7. The minimum Gasteiger partial charge on any atom is -0.264 e. The van der Waals surface area contributed by atoms with Gasteiger partial charge < -0.3 is 0 Å². The highest BCUT2D eigenvalue weighted by Crippen LogP contribution is 2.32. The fourth-order valence-electron chi connectivity index (χ4n) is 2.50. The van der Waals surface area contributed by atoms with Gasteiger partial charge in [0.15, 0.2) is 5.25 Å². The van der Waals surface area contributed by atoms with Crippen LogP contribution in [0.3, 0.4) is 0 Å². The van der Waals surface area contributed by atoms with Crippen LogP contribution >= 0.6 is 0 Å². The monoisotopic (exact) mass is 309 g/mol. The van der Waals surface area contributed by atoms with Gasteiger partial charge >= 0.3 is 0 Å². The van der Waals surface area contributed by atoms with Gasteiger partial charge in [-0.05, 0) is 24.0 Å². The molecule has 0 saturated carbocycles. The van der Waals surface area contributed by atoms with Crippen LogP contribution in [0.4, 0.5) is 0 Å². The first kappa shape index (κ1) is 17.6. The highest BCUT2D eigenvalue weighted by Gasteiger charge is 2.36. The van der Waals surface area contributed by atoms with Crippen LogP contribution in [0.25, 0.3) is 0 Å². The van der Waals surface area contributed by atoms with E-state index < -0.39 is 15.3 Å². The summed E-state index contributed by atoms with van der Waals surface area (Å²) in [4.78, 5) is 4.09. The number of pyridine rings is 1. The normalized spacial score (nSPS) is 14.9. The van der Waals surface area contributed by atoms with Crippen molar-refractivity contribution in [1.29, 1.82) is 5.26 Å². The van der Waals surface area contributed by atoms with Crippen LogP contribution in [0.2, 0.25) is 0 Å². The van der Waals surface area contributed by atoms with Gasteiger partial charge in [0.25, 0.3) is 0 Å². The molecular weight excluding hydrogens is 286 g/mol. The number of nitriles is 1. The van der Waals surface area contributed by atoms with Crippen LogP contribution in [-0.2, 0) is 10.0 Å². The molecule has 0 aliphatic heterocycles. The summed E-state index contributed by atoms with van der Waals surface area (Å²) in [6.07, 6.45) is 3.64. The van der Waals surface area contributed by atoms with Gasteiger partial charge in [0.05, 0.1) is 12.1 Å². The van der Waals surface area contributed by atoms with Gasteiger partial charge in [-0.3, -0.25) is 4.98 Å². The Hall–Kier alpha value is -1.45. The van der Waals surface area contributed by atoms with Gasteiger partial charge in [0.2, 0.25) is 10.0 Å². The van der Waals surface area contributed by atoms with E-state index in [4.69, 9.17) is 5.26 Å². The zero-order valence-corrected chi connectivity index (χ0v) is 13.8. The van der Waals surface area contributed by atoms with Gasteiger partial charge in [0, 0.05) is 18.9 Å². The van der Waals surface area contributed by atoms with E-state index >= 15 is 0 Å². The number of rotatable bonds is 7. The van der Waals surface area contributed by atoms with E-state index in [-0.39, 0.29) is 18.4 Å². The second-order valence-corrected chi connectivity index (χ2v) is 7.32. The highest BCUT2D eigenvalue weighted by atomic mass is 32.2. The third kappa shape index (κ3) is 3.80. The van der Waals surface area contributed by atoms with Crippen molar-refractivity contribution in [1.82, 2.24) is 9.29 Å². The van der Waals surface area contributed by atoms with Crippen LogP contribution < -0.4 is 0 Å². The predicted octanol–water partition coefficient (Wildman–Crippen LogP) is 2.73. The van der Waals surface area contributed by atoms with Gasteiger partial charge in [-0.25, -0.2) is 8.42 Å². The first-order chi connectivity index (χ1) is 9.89. The summed E-state index contributed by atoms with van der Waals surface area (Å²) >= 11 is 0. The van der Waals surface area contributed by atoms with Crippen molar-refractivity contribution >= 4 is 10.0 Å². The lowest BCUT2D eigenvalue weighted by atomic mass is 9.97. The standard InChI is InChI=1S/C15H23N3O2S/c1-5-14(10-16)21(19,20)18(6-2)15(12(3)4)13-8-7-9-17-11-13/h7-9,11-12,14-15H,5-6H2,1-4H3/t14-,15+/m1/s1. The van der Waals surface area contributed by atoms with Crippen LogP contribution in [0.5, 0.6) is 0 Å². The number of hydrogen-bond donors (Lipinski definition) is 0. The van der Waals surface area contributed by atoms with Crippen LogP contribution in [0.15, 0.2) is 24.5 Å². The first-order valence-corrected chi connectivity index (χ1v) is 8.70. The Labute approximate surface area is 127 Å². The van der Waals surface area contributed by atoms with E-state index in [1.165, 1.54) is 4.31 Å². The highest BCUT2D eigenvalue weighted by molar-refractivity contribution is 7.90. The molecule has 0 aromatic carbocycles. The van der Waals surface area contributed by atoms with Crippen molar-refractivity contribution < 1.29 is 8.42 Å². The third-order valence-electron chi connectivity index (χ3n) is 3.48. The summed E-state index contributed by atoms with van der Waals surface area (Å²) in [6, 6.07) is 5.27. The number of sulfonamides is 1. The van der Waals surface area contributed by atoms with Crippen molar-refractivity contribution in [3.05, 3.63) is 30.1 Å². The third-order valence-corrected chi connectivity index (χ3v) is 5.78. The Morgan fingerprint density at radius 1 is 1.38 bits per heavy atom. The fourth-order valence-corrected chi connectivity index (χ4v) is 4.42. The van der Waals surface area contributed by atoms with Crippen molar-refractivity contribution in [3.8, 4) is 6.07 Å². The Kier molecular flexibility index (Phi) is 6.31. The first-order valence-electron chi connectivity index (χ1n) is 7.20. The molecule has 0 amide bonds. The molecule has 0 spiro atoms. The van der Waals surface area contributed by atoms with Gasteiger partial charge in [0.1, 0.15) is 0 Å². The molecule has 1 aromatic rings. The zero-order chi connectivity index (χ0) is 16.0. The number of hydrogen-bond acceptors (Lipinski definition) is 4. The summed E-state index contributed by atoms with van der Waals surface area (Å²) in [5, 5.41) is 8.12. The molecule has 1 heterocycles. The number of nitrogens with zero attached hydrogens (tertiary/aromatic N) is 3. The van der Waals surface area contributed by atoms with Crippen LogP contribution in [-0.4, -0.2) is 29.5 Å². The average molecular weight is 309 g/mol. The second kappa shape index (κ2) is 7.53. The van der Waals surface area contributed by atoms with Crippen LogP contribution in [0, 0.1) is 17.2 Å². The van der Waals surface area contributed by atoms with E-state index in [0.29, 0.717) is 6.54 Å². The molecule has 1 aromatic heterocycles. The molecular formula is C15H23N3O2S. The quantitative estimate of drug-likeness (QED) is 0.776. The van der Waals surface area contributed by atoms with Gasteiger partial charge in [-0.1, -0.05) is 33.8 Å². The summed E-state index contributed by atoms with van der Waals surface area (Å²) < 4.78 is 26.9. The molecule has 0 N–H and O–H groups in total. The van der Waals surface area contributed by atoms with E-state index in [1.807, 2.05) is 26.0 Å². The lowest BCUT2D eigenvalue weighted by Gasteiger charge is -2.34. The molecule has 0 fully saturated rings. The maximum absolute atomic E-state index is 12.7. The SMILES string of the molecule is CC[C@H](C#N)S(=O)(=O)N(CC)[C@H](c1cccnc1)C(C)C. The second-order valence-electron chi connectivity index (χ2n) is 5.25. The minimum absolute atomic E-state index is 0.0834. The average Bonchev–Trinajstić information content (AvgIpc) is 2.45.